The molecule has 4 rings (SSSR count). The quantitative estimate of drug-likeness (QED) is 0.382. The van der Waals surface area contributed by atoms with Gasteiger partial charge in [-0.1, -0.05) is 60.7 Å². The van der Waals surface area contributed by atoms with Crippen molar-refractivity contribution in [2.45, 2.75) is 35.7 Å². The first-order valence-corrected chi connectivity index (χ1v) is 14.8. The van der Waals surface area contributed by atoms with E-state index in [4.69, 9.17) is 0 Å². The predicted molar refractivity (Wildman–Crippen MR) is 135 cm³/mol. The second-order valence-corrected chi connectivity index (χ2v) is 12.7. The molecule has 3 aromatic carbocycles. The summed E-state index contributed by atoms with van der Waals surface area (Å²) in [7, 11) is -7.22. The highest BCUT2D eigenvalue weighted by Crippen LogP contribution is 2.25. The van der Waals surface area contributed by atoms with Crippen LogP contribution in [0.25, 0.3) is 10.2 Å². The van der Waals surface area contributed by atoms with E-state index in [-0.39, 0.29) is 14.7 Å². The van der Waals surface area contributed by atoms with Crippen LogP contribution in [0.4, 0.5) is 0 Å². The van der Waals surface area contributed by atoms with E-state index in [0.717, 1.165) is 23.2 Å². The number of sulfone groups is 1. The van der Waals surface area contributed by atoms with Crippen molar-refractivity contribution >= 4 is 41.4 Å². The van der Waals surface area contributed by atoms with Gasteiger partial charge in [0.2, 0.25) is 10.0 Å². The Balaban J connectivity index is 1.62. The van der Waals surface area contributed by atoms with E-state index in [1.54, 1.807) is 22.8 Å². The third-order valence-corrected chi connectivity index (χ3v) is 9.09. The summed E-state index contributed by atoms with van der Waals surface area (Å²) in [4.78, 5) is 12.7. The highest BCUT2D eigenvalue weighted by atomic mass is 32.2. The Hall–Kier alpha value is -2.79. The van der Waals surface area contributed by atoms with Crippen LogP contribution < -0.4 is 9.60 Å². The first kappa shape index (κ1) is 24.3. The van der Waals surface area contributed by atoms with Crippen LogP contribution in [0.3, 0.4) is 0 Å². The number of fused-ring (bicyclic) bond motifs is 1. The fourth-order valence-electron chi connectivity index (χ4n) is 3.72. The van der Waals surface area contributed by atoms with Crippen molar-refractivity contribution in [3.63, 3.8) is 0 Å². The summed E-state index contributed by atoms with van der Waals surface area (Å²) in [5, 5.41) is 0. The molecule has 0 amide bonds. The van der Waals surface area contributed by atoms with E-state index in [1.165, 1.54) is 24.3 Å². The molecule has 0 fully saturated rings. The Morgan fingerprint density at radius 1 is 0.912 bits per heavy atom. The lowest BCUT2D eigenvalue weighted by molar-refractivity contribution is 0.550. The van der Waals surface area contributed by atoms with E-state index in [1.807, 2.05) is 37.3 Å². The van der Waals surface area contributed by atoms with Gasteiger partial charge in [0.15, 0.2) is 9.84 Å². The molecule has 0 unspecified atom stereocenters. The molecule has 0 aliphatic carbocycles. The lowest BCUT2D eigenvalue weighted by atomic mass is 10.1. The van der Waals surface area contributed by atoms with Gasteiger partial charge in [-0.05, 0) is 47.9 Å². The Labute approximate surface area is 202 Å². The van der Waals surface area contributed by atoms with E-state index in [2.05, 4.69) is 4.72 Å². The van der Waals surface area contributed by atoms with Crippen molar-refractivity contribution in [3.8, 4) is 0 Å². The van der Waals surface area contributed by atoms with Crippen molar-refractivity contribution in [3.05, 3.63) is 93.6 Å². The predicted octanol–water partition coefficient (Wildman–Crippen LogP) is 3.94. The van der Waals surface area contributed by atoms with Crippen LogP contribution >= 0.6 is 11.3 Å². The molecular formula is C24H24N2O5S3. The largest absolute Gasteiger partial charge is 0.308 e. The van der Waals surface area contributed by atoms with Gasteiger partial charge in [-0.2, -0.15) is 0 Å². The van der Waals surface area contributed by atoms with E-state index in [9.17, 15) is 21.6 Å². The second-order valence-electron chi connectivity index (χ2n) is 7.99. The number of aromatic nitrogens is 1. The number of nitrogens with one attached hydrogen (secondary N) is 1. The summed E-state index contributed by atoms with van der Waals surface area (Å²) < 4.78 is 54.6. The van der Waals surface area contributed by atoms with Crippen molar-refractivity contribution in [2.75, 3.05) is 6.26 Å². The highest BCUT2D eigenvalue weighted by Gasteiger charge is 2.22. The molecule has 0 spiro atoms. The van der Waals surface area contributed by atoms with Crippen LogP contribution in [0.1, 0.15) is 30.5 Å². The van der Waals surface area contributed by atoms with Gasteiger partial charge in [-0.25, -0.2) is 21.6 Å². The molecular weight excluding hydrogens is 492 g/mol. The lowest BCUT2D eigenvalue weighted by Crippen LogP contribution is -2.28. The fourth-order valence-corrected chi connectivity index (χ4v) is 6.69. The van der Waals surface area contributed by atoms with Crippen LogP contribution in [-0.2, 0) is 26.4 Å². The number of benzene rings is 3. The third kappa shape index (κ3) is 5.15. The lowest BCUT2D eigenvalue weighted by Gasteiger charge is -2.18. The molecule has 4 aromatic rings. The Morgan fingerprint density at radius 2 is 1.56 bits per heavy atom. The smallest absolute Gasteiger partial charge is 0.294 e. The standard InChI is InChI=1S/C24H24N2O5S3/c1-3-21(18-9-11-19(12-10-18)33(2,28)29)25-34(30,31)20-13-14-22-23(15-20)32-24(27)26(22)16-17-7-5-4-6-8-17/h4-15,21,25H,3,16H2,1-2H3/t21-/m0/s1. The minimum atomic E-state index is -3.89. The third-order valence-electron chi connectivity index (χ3n) is 5.55. The summed E-state index contributed by atoms with van der Waals surface area (Å²) in [6.45, 7) is 2.25. The molecule has 7 nitrogen and oxygen atoms in total. The van der Waals surface area contributed by atoms with Crippen LogP contribution in [0.5, 0.6) is 0 Å². The summed E-state index contributed by atoms with van der Waals surface area (Å²) >= 11 is 1.01. The monoisotopic (exact) mass is 516 g/mol. The maximum absolute atomic E-state index is 13.1. The van der Waals surface area contributed by atoms with Crippen LogP contribution in [0.15, 0.2) is 87.4 Å². The van der Waals surface area contributed by atoms with Crippen molar-refractivity contribution in [1.82, 2.24) is 9.29 Å². The van der Waals surface area contributed by atoms with Gasteiger partial charge in [0, 0.05) is 12.3 Å². The second kappa shape index (κ2) is 9.46. The number of sulfonamides is 1. The maximum atomic E-state index is 13.1. The summed E-state index contributed by atoms with van der Waals surface area (Å²) in [6.07, 6.45) is 1.60. The molecule has 1 atom stereocenters. The molecule has 0 saturated carbocycles. The summed E-state index contributed by atoms with van der Waals surface area (Å²) in [6, 6.07) is 19.9. The molecule has 178 valence electrons. The van der Waals surface area contributed by atoms with Gasteiger partial charge < -0.3 is 0 Å². The SMILES string of the molecule is CC[C@H](NS(=O)(=O)c1ccc2c(c1)sc(=O)n2Cc1ccccc1)c1ccc(S(C)(=O)=O)cc1. The van der Waals surface area contributed by atoms with Gasteiger partial charge in [0.1, 0.15) is 0 Å². The number of nitrogens with zero attached hydrogens (tertiary/aromatic N) is 1. The summed E-state index contributed by atoms with van der Waals surface area (Å²) in [5.41, 5.74) is 2.33. The molecule has 1 heterocycles. The molecule has 0 aliphatic heterocycles. The van der Waals surface area contributed by atoms with Crippen molar-refractivity contribution in [1.29, 1.82) is 0 Å². The topological polar surface area (TPSA) is 102 Å². The zero-order valence-corrected chi connectivity index (χ0v) is 21.1. The normalized spacial score (nSPS) is 13.2. The fraction of sp³-hybridized carbons (Fsp3) is 0.208. The molecule has 1 N–H and O–H groups in total. The van der Waals surface area contributed by atoms with Gasteiger partial charge in [0.05, 0.1) is 26.6 Å². The molecule has 34 heavy (non-hydrogen) atoms. The zero-order valence-electron chi connectivity index (χ0n) is 18.6. The summed E-state index contributed by atoms with van der Waals surface area (Å²) in [5.74, 6) is 0. The Kier molecular flexibility index (Phi) is 6.77. The van der Waals surface area contributed by atoms with Gasteiger partial charge >= 0.3 is 4.87 Å². The number of hydrogen-bond donors (Lipinski definition) is 1. The van der Waals surface area contributed by atoms with E-state index < -0.39 is 25.9 Å². The minimum Gasteiger partial charge on any atom is -0.294 e. The molecule has 0 bridgehead atoms. The number of hydrogen-bond acceptors (Lipinski definition) is 6. The Morgan fingerprint density at radius 3 is 2.18 bits per heavy atom. The molecule has 0 radical (unpaired) electrons. The van der Waals surface area contributed by atoms with Crippen molar-refractivity contribution in [2.24, 2.45) is 0 Å². The average molecular weight is 517 g/mol. The van der Waals surface area contributed by atoms with E-state index in [0.29, 0.717) is 28.7 Å². The van der Waals surface area contributed by atoms with Crippen molar-refractivity contribution < 1.29 is 16.8 Å². The van der Waals surface area contributed by atoms with Crippen LogP contribution in [0.2, 0.25) is 0 Å². The molecule has 0 saturated heterocycles. The first-order valence-electron chi connectivity index (χ1n) is 10.6. The molecule has 0 aliphatic rings. The van der Waals surface area contributed by atoms with Gasteiger partial charge in [0.25, 0.3) is 0 Å². The average Bonchev–Trinajstić information content (AvgIpc) is 3.12. The number of thiazole rings is 1. The Bertz CT molecular complexity index is 1590. The number of rotatable bonds is 8. The first-order chi connectivity index (χ1) is 16.1. The minimum absolute atomic E-state index is 0.0688. The van der Waals surface area contributed by atoms with Crippen LogP contribution in [-0.4, -0.2) is 27.7 Å². The zero-order chi connectivity index (χ0) is 24.5. The van der Waals surface area contributed by atoms with Gasteiger partial charge in [-0.3, -0.25) is 9.36 Å². The van der Waals surface area contributed by atoms with Crippen LogP contribution in [0, 0.1) is 0 Å². The molecule has 1 aromatic heterocycles. The van der Waals surface area contributed by atoms with Gasteiger partial charge in [-0.15, -0.1) is 0 Å². The highest BCUT2D eigenvalue weighted by molar-refractivity contribution is 7.90. The maximum Gasteiger partial charge on any atom is 0.308 e. The van der Waals surface area contributed by atoms with E-state index >= 15 is 0 Å². The molecule has 10 heteroatoms.